The Morgan fingerprint density at radius 2 is 1.47 bits per heavy atom. The molecule has 0 amide bonds. The first-order chi connectivity index (χ1) is 7.97. The number of nitrogens with one attached hydrogen (secondary N) is 1. The molecule has 1 aromatic rings. The number of rotatable bonds is 1. The summed E-state index contributed by atoms with van der Waals surface area (Å²) < 4.78 is 0. The van der Waals surface area contributed by atoms with Gasteiger partial charge in [0.25, 0.3) is 0 Å². The molecular formula is C16H24N. The van der Waals surface area contributed by atoms with E-state index in [0.717, 1.165) is 12.8 Å². The van der Waals surface area contributed by atoms with E-state index >= 15 is 0 Å². The van der Waals surface area contributed by atoms with Gasteiger partial charge in [0.15, 0.2) is 0 Å². The molecule has 2 rings (SSSR count). The summed E-state index contributed by atoms with van der Waals surface area (Å²) in [6.07, 6.45) is 4.55. The second kappa shape index (κ2) is 4.81. The summed E-state index contributed by atoms with van der Waals surface area (Å²) in [4.78, 5) is 0. The molecule has 0 aromatic heterocycles. The summed E-state index contributed by atoms with van der Waals surface area (Å²) in [6.45, 7) is 6.77. The summed E-state index contributed by atoms with van der Waals surface area (Å²) in [5.41, 5.74) is 10.9. The van der Waals surface area contributed by atoms with Crippen LogP contribution in [0.2, 0.25) is 0 Å². The Bertz CT molecular complexity index is 350. The highest BCUT2D eigenvalue weighted by atomic mass is 14.6. The van der Waals surface area contributed by atoms with E-state index in [9.17, 15) is 0 Å². The van der Waals surface area contributed by atoms with Crippen LogP contribution in [0.25, 0.3) is 0 Å². The highest BCUT2D eigenvalue weighted by Crippen LogP contribution is 2.33. The molecule has 0 heterocycles. The third kappa shape index (κ3) is 3.10. The topological polar surface area (TPSA) is 23.8 Å². The van der Waals surface area contributed by atoms with Crippen molar-refractivity contribution in [2.45, 2.75) is 63.8 Å². The standard InChI is InChI=1S/C16H24N/c1-16(2,3)14-8-4-12(5-9-14)13-6-10-15(17)11-7-13/h4-5,8-9,13,15,17H,6-7,10-11H2,1-3H3/t13-,15+. The van der Waals surface area contributed by atoms with Crippen LogP contribution >= 0.6 is 0 Å². The molecule has 1 nitrogen and oxygen atoms in total. The van der Waals surface area contributed by atoms with Crippen LogP contribution in [0, 0.1) is 0 Å². The first-order valence-electron chi connectivity index (χ1n) is 6.78. The normalized spacial score (nSPS) is 25.9. The molecule has 1 radical (unpaired) electrons. The Kier molecular flexibility index (Phi) is 3.58. The van der Waals surface area contributed by atoms with E-state index in [0.29, 0.717) is 5.92 Å². The fourth-order valence-electron chi connectivity index (χ4n) is 2.68. The molecule has 1 aliphatic carbocycles. The van der Waals surface area contributed by atoms with Crippen LogP contribution in [0.5, 0.6) is 0 Å². The smallest absolute Gasteiger partial charge is 0.0213 e. The Morgan fingerprint density at radius 1 is 0.941 bits per heavy atom. The van der Waals surface area contributed by atoms with Gasteiger partial charge < -0.3 is 0 Å². The summed E-state index contributed by atoms with van der Waals surface area (Å²) in [5.74, 6) is 0.700. The van der Waals surface area contributed by atoms with Gasteiger partial charge in [-0.25, -0.2) is 0 Å². The molecule has 17 heavy (non-hydrogen) atoms. The average Bonchev–Trinajstić information content (AvgIpc) is 2.29. The fourth-order valence-corrected chi connectivity index (χ4v) is 2.68. The molecule has 1 aliphatic rings. The van der Waals surface area contributed by atoms with Crippen molar-refractivity contribution in [3.05, 3.63) is 35.4 Å². The van der Waals surface area contributed by atoms with Crippen molar-refractivity contribution in [2.24, 2.45) is 0 Å². The maximum atomic E-state index is 7.74. The van der Waals surface area contributed by atoms with Crippen LogP contribution in [0.1, 0.15) is 63.5 Å². The molecule has 0 spiro atoms. The lowest BCUT2D eigenvalue weighted by Crippen LogP contribution is -2.18. The second-order valence-electron chi connectivity index (χ2n) is 6.42. The van der Waals surface area contributed by atoms with Crippen molar-refractivity contribution >= 4 is 0 Å². The summed E-state index contributed by atoms with van der Waals surface area (Å²) in [5, 5.41) is 0. The van der Waals surface area contributed by atoms with Crippen molar-refractivity contribution in [1.82, 2.24) is 5.73 Å². The zero-order chi connectivity index (χ0) is 12.5. The third-order valence-corrected chi connectivity index (χ3v) is 3.98. The van der Waals surface area contributed by atoms with Crippen LogP contribution in [0.4, 0.5) is 0 Å². The van der Waals surface area contributed by atoms with E-state index in [2.05, 4.69) is 45.0 Å². The van der Waals surface area contributed by atoms with Gasteiger partial charge in [-0.1, -0.05) is 45.0 Å². The SMILES string of the molecule is CC(C)(C)c1ccc([C@H]2CC[C@@H]([NH])CC2)cc1. The maximum Gasteiger partial charge on any atom is 0.0213 e. The summed E-state index contributed by atoms with van der Waals surface area (Å²) in [6, 6.07) is 9.36. The van der Waals surface area contributed by atoms with Crippen LogP contribution in [0.3, 0.4) is 0 Å². The molecular weight excluding hydrogens is 206 g/mol. The van der Waals surface area contributed by atoms with Crippen molar-refractivity contribution < 1.29 is 0 Å². The summed E-state index contributed by atoms with van der Waals surface area (Å²) >= 11 is 0. The minimum absolute atomic E-state index is 0.195. The third-order valence-electron chi connectivity index (χ3n) is 3.98. The summed E-state index contributed by atoms with van der Waals surface area (Å²) in [7, 11) is 0. The van der Waals surface area contributed by atoms with E-state index in [4.69, 9.17) is 5.73 Å². The second-order valence-corrected chi connectivity index (χ2v) is 6.42. The van der Waals surface area contributed by atoms with Crippen molar-refractivity contribution in [2.75, 3.05) is 0 Å². The van der Waals surface area contributed by atoms with Gasteiger partial charge in [0.05, 0.1) is 0 Å². The average molecular weight is 230 g/mol. The molecule has 0 atom stereocenters. The van der Waals surface area contributed by atoms with E-state index in [-0.39, 0.29) is 11.5 Å². The first kappa shape index (κ1) is 12.6. The van der Waals surface area contributed by atoms with E-state index < -0.39 is 0 Å². The lowest BCUT2D eigenvalue weighted by molar-refractivity contribution is 0.388. The van der Waals surface area contributed by atoms with E-state index in [1.54, 1.807) is 0 Å². The molecule has 1 heteroatoms. The number of benzene rings is 1. The molecule has 1 aromatic carbocycles. The van der Waals surface area contributed by atoms with Gasteiger partial charge in [0.1, 0.15) is 0 Å². The Balaban J connectivity index is 2.08. The van der Waals surface area contributed by atoms with Crippen LogP contribution in [-0.2, 0) is 5.41 Å². The van der Waals surface area contributed by atoms with E-state index in [1.807, 2.05) is 0 Å². The van der Waals surface area contributed by atoms with Gasteiger partial charge in [-0.15, -0.1) is 0 Å². The fraction of sp³-hybridized carbons (Fsp3) is 0.625. The molecule has 1 N–H and O–H groups in total. The van der Waals surface area contributed by atoms with Gasteiger partial charge in [-0.2, -0.15) is 0 Å². The van der Waals surface area contributed by atoms with Crippen molar-refractivity contribution in [1.29, 1.82) is 0 Å². The lowest BCUT2D eigenvalue weighted by atomic mass is 9.80. The Labute approximate surface area is 105 Å². The highest BCUT2D eigenvalue weighted by molar-refractivity contribution is 5.29. The lowest BCUT2D eigenvalue weighted by Gasteiger charge is -2.26. The molecule has 93 valence electrons. The predicted molar refractivity (Wildman–Crippen MR) is 73.2 cm³/mol. The van der Waals surface area contributed by atoms with Crippen LogP contribution < -0.4 is 5.73 Å². The molecule has 0 aliphatic heterocycles. The first-order valence-corrected chi connectivity index (χ1v) is 6.78. The van der Waals surface area contributed by atoms with Crippen molar-refractivity contribution in [3.63, 3.8) is 0 Å². The number of hydrogen-bond acceptors (Lipinski definition) is 0. The van der Waals surface area contributed by atoms with Gasteiger partial charge in [0.2, 0.25) is 0 Å². The van der Waals surface area contributed by atoms with Gasteiger partial charge >= 0.3 is 0 Å². The molecule has 1 saturated carbocycles. The van der Waals surface area contributed by atoms with Gasteiger partial charge in [0, 0.05) is 6.04 Å². The minimum Gasteiger partial charge on any atom is -0.255 e. The Morgan fingerprint density at radius 3 is 1.94 bits per heavy atom. The zero-order valence-corrected chi connectivity index (χ0v) is 11.3. The number of hydrogen-bond donors (Lipinski definition) is 0. The maximum absolute atomic E-state index is 7.74. The molecule has 0 bridgehead atoms. The van der Waals surface area contributed by atoms with Crippen molar-refractivity contribution in [3.8, 4) is 0 Å². The van der Waals surface area contributed by atoms with Crippen LogP contribution in [0.15, 0.2) is 24.3 Å². The Hall–Kier alpha value is -0.820. The van der Waals surface area contributed by atoms with Gasteiger partial charge in [-0.05, 0) is 48.1 Å². The molecule has 0 saturated heterocycles. The van der Waals surface area contributed by atoms with E-state index in [1.165, 1.54) is 24.0 Å². The monoisotopic (exact) mass is 230 g/mol. The molecule has 1 fully saturated rings. The van der Waals surface area contributed by atoms with Crippen LogP contribution in [-0.4, -0.2) is 6.04 Å². The quantitative estimate of drug-likeness (QED) is 0.687. The largest absolute Gasteiger partial charge is 0.255 e. The van der Waals surface area contributed by atoms with Gasteiger partial charge in [-0.3, -0.25) is 5.73 Å². The highest BCUT2D eigenvalue weighted by Gasteiger charge is 2.21. The molecule has 0 unspecified atom stereocenters. The zero-order valence-electron chi connectivity index (χ0n) is 11.3. The minimum atomic E-state index is 0.195. The predicted octanol–water partition coefficient (Wildman–Crippen LogP) is 4.29.